The van der Waals surface area contributed by atoms with E-state index in [1.54, 1.807) is 12.1 Å². The number of hydrogen-bond donors (Lipinski definition) is 2. The molecule has 0 spiro atoms. The van der Waals surface area contributed by atoms with E-state index in [-0.39, 0.29) is 15.8 Å². The van der Waals surface area contributed by atoms with Crippen LogP contribution >= 0.6 is 11.3 Å². The van der Waals surface area contributed by atoms with Crippen molar-refractivity contribution in [2.24, 2.45) is 0 Å². The Bertz CT molecular complexity index is 1240. The van der Waals surface area contributed by atoms with Gasteiger partial charge in [-0.25, -0.2) is 25.9 Å². The van der Waals surface area contributed by atoms with Crippen LogP contribution in [0.15, 0.2) is 75.8 Å². The molecule has 0 radical (unpaired) electrons. The number of rotatable bonds is 8. The van der Waals surface area contributed by atoms with Crippen LogP contribution in [0, 0.1) is 5.82 Å². The second-order valence-electron chi connectivity index (χ2n) is 6.99. The van der Waals surface area contributed by atoms with Crippen LogP contribution in [-0.2, 0) is 20.0 Å². The van der Waals surface area contributed by atoms with Crippen LogP contribution in [0.2, 0.25) is 0 Å². The Kier molecular flexibility index (Phi) is 5.78. The van der Waals surface area contributed by atoms with Crippen molar-refractivity contribution in [2.75, 3.05) is 0 Å². The van der Waals surface area contributed by atoms with Crippen LogP contribution in [0.4, 0.5) is 4.39 Å². The quantitative estimate of drug-likeness (QED) is 0.532. The molecule has 0 bridgehead atoms. The lowest BCUT2D eigenvalue weighted by Crippen LogP contribution is -2.30. The summed E-state index contributed by atoms with van der Waals surface area (Å²) >= 11 is 1.36. The monoisotopic (exact) mass is 466 g/mol. The van der Waals surface area contributed by atoms with Gasteiger partial charge in [0.2, 0.25) is 20.0 Å². The fourth-order valence-electron chi connectivity index (χ4n) is 2.92. The third-order valence-corrected chi connectivity index (χ3v) is 8.51. The van der Waals surface area contributed by atoms with Crippen molar-refractivity contribution in [2.45, 2.75) is 34.7 Å². The topological polar surface area (TPSA) is 92.3 Å². The van der Waals surface area contributed by atoms with Gasteiger partial charge in [-0.05, 0) is 60.2 Å². The van der Waals surface area contributed by atoms with Gasteiger partial charge in [0.15, 0.2) is 0 Å². The van der Waals surface area contributed by atoms with Crippen LogP contribution in [0.3, 0.4) is 0 Å². The minimum Gasteiger partial charge on any atom is -0.208 e. The van der Waals surface area contributed by atoms with Crippen LogP contribution in [0.5, 0.6) is 0 Å². The van der Waals surface area contributed by atoms with Crippen molar-refractivity contribution in [1.29, 1.82) is 0 Å². The second-order valence-corrected chi connectivity index (χ2v) is 11.4. The molecule has 6 nitrogen and oxygen atoms in total. The van der Waals surface area contributed by atoms with E-state index < -0.39 is 31.9 Å². The summed E-state index contributed by atoms with van der Waals surface area (Å²) in [6.45, 7) is 0. The summed E-state index contributed by atoms with van der Waals surface area (Å²) in [5.74, 6) is -0.424. The first-order valence-corrected chi connectivity index (χ1v) is 13.0. The van der Waals surface area contributed by atoms with E-state index in [4.69, 9.17) is 0 Å². The van der Waals surface area contributed by atoms with Gasteiger partial charge < -0.3 is 0 Å². The molecule has 4 rings (SSSR count). The maximum atomic E-state index is 13.3. The molecule has 10 heteroatoms. The van der Waals surface area contributed by atoms with E-state index in [0.717, 1.165) is 23.8 Å². The Hall–Kier alpha value is -2.11. The van der Waals surface area contributed by atoms with Crippen LogP contribution in [-0.4, -0.2) is 22.9 Å². The number of thiophene rings is 1. The molecule has 158 valence electrons. The zero-order chi connectivity index (χ0) is 21.4. The fourth-order valence-corrected chi connectivity index (χ4v) is 6.47. The Morgan fingerprint density at radius 3 is 2.17 bits per heavy atom. The summed E-state index contributed by atoms with van der Waals surface area (Å²) < 4.78 is 69.6. The van der Waals surface area contributed by atoms with Gasteiger partial charge in [0.25, 0.3) is 0 Å². The van der Waals surface area contributed by atoms with Crippen molar-refractivity contribution in [3.63, 3.8) is 0 Å². The molecule has 1 saturated carbocycles. The van der Waals surface area contributed by atoms with E-state index in [0.29, 0.717) is 5.56 Å². The SMILES string of the molecule is O=S(=O)(NC1CC1)c1cccc(S(=O)(=O)NC(c2ccc(F)cc2)c2cccs2)c1. The fraction of sp³-hybridized carbons (Fsp3) is 0.200. The van der Waals surface area contributed by atoms with Gasteiger partial charge in [-0.1, -0.05) is 24.3 Å². The van der Waals surface area contributed by atoms with Crippen molar-refractivity contribution < 1.29 is 21.2 Å². The molecule has 1 atom stereocenters. The number of sulfonamides is 2. The molecule has 1 aromatic heterocycles. The molecule has 1 fully saturated rings. The molecule has 1 aliphatic rings. The first kappa shape index (κ1) is 21.1. The van der Waals surface area contributed by atoms with E-state index in [1.165, 1.54) is 53.8 Å². The predicted molar refractivity (Wildman–Crippen MR) is 113 cm³/mol. The Balaban J connectivity index is 1.66. The largest absolute Gasteiger partial charge is 0.241 e. The lowest BCUT2D eigenvalue weighted by atomic mass is 10.1. The molecule has 1 aliphatic carbocycles. The summed E-state index contributed by atoms with van der Waals surface area (Å²) in [4.78, 5) is 0.459. The standard InChI is InChI=1S/C20H19FN2O4S3/c21-15-8-6-14(7-9-15)20(19-5-2-12-28-19)23-30(26,27)18-4-1-3-17(13-18)29(24,25)22-16-10-11-16/h1-9,12-13,16,20,22-23H,10-11H2. The Morgan fingerprint density at radius 2 is 1.57 bits per heavy atom. The molecule has 0 amide bonds. The zero-order valence-electron chi connectivity index (χ0n) is 15.7. The smallest absolute Gasteiger partial charge is 0.208 e. The molecular weight excluding hydrogens is 447 g/mol. The van der Waals surface area contributed by atoms with Crippen molar-refractivity contribution >= 4 is 31.4 Å². The number of nitrogens with one attached hydrogen (secondary N) is 2. The third kappa shape index (κ3) is 4.79. The summed E-state index contributed by atoms with van der Waals surface area (Å²) in [5.41, 5.74) is 0.571. The zero-order valence-corrected chi connectivity index (χ0v) is 18.1. The third-order valence-electron chi connectivity index (χ3n) is 4.63. The first-order chi connectivity index (χ1) is 14.2. The molecule has 2 aromatic carbocycles. The summed E-state index contributed by atoms with van der Waals surface area (Å²) in [7, 11) is -7.86. The highest BCUT2D eigenvalue weighted by atomic mass is 32.2. The first-order valence-electron chi connectivity index (χ1n) is 9.18. The highest BCUT2D eigenvalue weighted by Crippen LogP contribution is 2.29. The van der Waals surface area contributed by atoms with Crippen molar-refractivity contribution in [3.8, 4) is 0 Å². The predicted octanol–water partition coefficient (Wildman–Crippen LogP) is 3.40. The van der Waals surface area contributed by atoms with E-state index in [9.17, 15) is 21.2 Å². The average molecular weight is 467 g/mol. The second kappa shape index (κ2) is 8.20. The summed E-state index contributed by atoms with van der Waals surface area (Å²) in [6, 6.07) is 13.6. The van der Waals surface area contributed by atoms with Gasteiger partial charge in [-0.15, -0.1) is 11.3 Å². The van der Waals surface area contributed by atoms with Gasteiger partial charge in [0, 0.05) is 10.9 Å². The van der Waals surface area contributed by atoms with Crippen LogP contribution < -0.4 is 9.44 Å². The Morgan fingerprint density at radius 1 is 0.900 bits per heavy atom. The molecular formula is C20H19FN2O4S3. The minimum atomic E-state index is -4.07. The van der Waals surface area contributed by atoms with Gasteiger partial charge in [-0.2, -0.15) is 4.72 Å². The number of halogens is 1. The normalized spacial score (nSPS) is 15.8. The van der Waals surface area contributed by atoms with Crippen molar-refractivity contribution in [3.05, 3.63) is 82.3 Å². The average Bonchev–Trinajstić information content (AvgIpc) is 3.35. The summed E-state index contributed by atoms with van der Waals surface area (Å²) in [6.07, 6.45) is 1.55. The Labute approximate surface area is 178 Å². The highest BCUT2D eigenvalue weighted by Gasteiger charge is 2.29. The number of benzene rings is 2. The van der Waals surface area contributed by atoms with Gasteiger partial charge in [0.1, 0.15) is 5.82 Å². The van der Waals surface area contributed by atoms with E-state index in [2.05, 4.69) is 9.44 Å². The number of hydrogen-bond acceptors (Lipinski definition) is 5. The van der Waals surface area contributed by atoms with Gasteiger partial charge in [-0.3, -0.25) is 0 Å². The highest BCUT2D eigenvalue weighted by molar-refractivity contribution is 7.90. The lowest BCUT2D eigenvalue weighted by Gasteiger charge is -2.18. The van der Waals surface area contributed by atoms with Crippen LogP contribution in [0.25, 0.3) is 0 Å². The molecule has 2 N–H and O–H groups in total. The molecule has 3 aromatic rings. The molecule has 1 heterocycles. The molecule has 30 heavy (non-hydrogen) atoms. The van der Waals surface area contributed by atoms with Gasteiger partial charge >= 0.3 is 0 Å². The molecule has 0 aliphatic heterocycles. The van der Waals surface area contributed by atoms with Crippen LogP contribution in [0.1, 0.15) is 29.3 Å². The maximum Gasteiger partial charge on any atom is 0.241 e. The van der Waals surface area contributed by atoms with Crippen molar-refractivity contribution in [1.82, 2.24) is 9.44 Å². The van der Waals surface area contributed by atoms with E-state index in [1.807, 2.05) is 5.38 Å². The minimum absolute atomic E-state index is 0.0879. The van der Waals surface area contributed by atoms with Gasteiger partial charge in [0.05, 0.1) is 15.8 Å². The lowest BCUT2D eigenvalue weighted by molar-refractivity contribution is 0.572. The molecule has 1 unspecified atom stereocenters. The maximum absolute atomic E-state index is 13.3. The molecule has 0 saturated heterocycles. The summed E-state index contributed by atoms with van der Waals surface area (Å²) in [5, 5.41) is 1.82. The van der Waals surface area contributed by atoms with E-state index >= 15 is 0 Å².